The normalized spacial score (nSPS) is 22.2. The van der Waals surface area contributed by atoms with Gasteiger partial charge in [-0.15, -0.1) is 11.3 Å². The second-order valence-electron chi connectivity index (χ2n) is 6.33. The van der Waals surface area contributed by atoms with Crippen LogP contribution in [0.15, 0.2) is 47.8 Å². The van der Waals surface area contributed by atoms with Gasteiger partial charge in [0, 0.05) is 11.4 Å². The van der Waals surface area contributed by atoms with Gasteiger partial charge < -0.3 is 15.7 Å². The molecule has 1 aliphatic rings. The van der Waals surface area contributed by atoms with Crippen molar-refractivity contribution in [1.82, 2.24) is 10.6 Å². The number of thiophene rings is 1. The molecule has 23 heavy (non-hydrogen) atoms. The van der Waals surface area contributed by atoms with Crippen molar-refractivity contribution in [2.45, 2.75) is 24.9 Å². The van der Waals surface area contributed by atoms with Gasteiger partial charge in [0.25, 0.3) is 0 Å². The second-order valence-corrected chi connectivity index (χ2v) is 7.28. The first-order chi connectivity index (χ1) is 11.1. The fourth-order valence-electron chi connectivity index (χ4n) is 2.79. The van der Waals surface area contributed by atoms with Crippen LogP contribution in [0, 0.1) is 5.92 Å². The lowest BCUT2D eigenvalue weighted by Crippen LogP contribution is -2.43. The number of hydrogen-bond donors (Lipinski definition) is 3. The quantitative estimate of drug-likeness (QED) is 0.762. The monoisotopic (exact) mass is 330 g/mol. The smallest absolute Gasteiger partial charge is 0.314 e. The molecule has 0 bridgehead atoms. The molecular weight excluding hydrogens is 308 g/mol. The Morgan fingerprint density at radius 2 is 2.04 bits per heavy atom. The Morgan fingerprint density at radius 3 is 2.74 bits per heavy atom. The van der Waals surface area contributed by atoms with Crippen LogP contribution in [0.25, 0.3) is 0 Å². The summed E-state index contributed by atoms with van der Waals surface area (Å²) < 4.78 is 0. The highest BCUT2D eigenvalue weighted by molar-refractivity contribution is 7.10. The third kappa shape index (κ3) is 4.12. The van der Waals surface area contributed by atoms with Gasteiger partial charge in [-0.25, -0.2) is 4.79 Å². The minimum Gasteiger partial charge on any atom is -0.383 e. The lowest BCUT2D eigenvalue weighted by atomic mass is 10.1. The summed E-state index contributed by atoms with van der Waals surface area (Å²) in [6.07, 6.45) is 1.12. The number of carbonyl (C=O) groups is 1. The number of nitrogens with one attached hydrogen (secondary N) is 2. The van der Waals surface area contributed by atoms with E-state index in [1.165, 1.54) is 16.9 Å². The zero-order valence-electron chi connectivity index (χ0n) is 13.2. The van der Waals surface area contributed by atoms with Gasteiger partial charge in [-0.05, 0) is 42.2 Å². The maximum atomic E-state index is 11.9. The molecule has 4 nitrogen and oxygen atoms in total. The van der Waals surface area contributed by atoms with Crippen LogP contribution in [0.4, 0.5) is 4.79 Å². The van der Waals surface area contributed by atoms with Crippen molar-refractivity contribution in [1.29, 1.82) is 0 Å². The average Bonchev–Trinajstić information content (AvgIpc) is 3.11. The van der Waals surface area contributed by atoms with Crippen LogP contribution in [0.5, 0.6) is 0 Å². The fraction of sp³-hybridized carbons (Fsp3) is 0.389. The van der Waals surface area contributed by atoms with Crippen molar-refractivity contribution in [3.63, 3.8) is 0 Å². The second kappa shape index (κ2) is 6.72. The molecular formula is C18H22N2O2S. The predicted octanol–water partition coefficient (Wildman–Crippen LogP) is 3.06. The van der Waals surface area contributed by atoms with E-state index in [2.05, 4.69) is 34.9 Å². The van der Waals surface area contributed by atoms with Crippen molar-refractivity contribution in [2.24, 2.45) is 5.92 Å². The van der Waals surface area contributed by atoms with E-state index in [0.29, 0.717) is 18.4 Å². The first-order valence-corrected chi connectivity index (χ1v) is 8.77. The molecule has 3 N–H and O–H groups in total. The topological polar surface area (TPSA) is 61.4 Å². The molecule has 3 atom stereocenters. The van der Waals surface area contributed by atoms with Crippen LogP contribution < -0.4 is 10.6 Å². The van der Waals surface area contributed by atoms with E-state index in [4.69, 9.17) is 0 Å². The molecule has 2 amide bonds. The Labute approximate surface area is 140 Å². The van der Waals surface area contributed by atoms with Crippen molar-refractivity contribution in [2.75, 3.05) is 13.1 Å². The lowest BCUT2D eigenvalue weighted by Gasteiger charge is -2.22. The van der Waals surface area contributed by atoms with E-state index in [1.807, 2.05) is 23.6 Å². The van der Waals surface area contributed by atoms with Crippen molar-refractivity contribution < 1.29 is 9.90 Å². The molecule has 1 fully saturated rings. The first-order valence-electron chi connectivity index (χ1n) is 7.89. The Hall–Kier alpha value is -1.85. The first kappa shape index (κ1) is 16.0. The summed E-state index contributed by atoms with van der Waals surface area (Å²) >= 11 is 1.49. The molecule has 3 unspecified atom stereocenters. The molecule has 122 valence electrons. The van der Waals surface area contributed by atoms with Gasteiger partial charge >= 0.3 is 6.03 Å². The number of benzene rings is 1. The molecule has 2 aromatic rings. The van der Waals surface area contributed by atoms with Gasteiger partial charge in [-0.1, -0.05) is 36.4 Å². The summed E-state index contributed by atoms with van der Waals surface area (Å²) in [5.41, 5.74) is 0.317. The molecule has 1 saturated carbocycles. The molecule has 0 spiro atoms. The molecule has 1 aromatic carbocycles. The van der Waals surface area contributed by atoms with E-state index >= 15 is 0 Å². The van der Waals surface area contributed by atoms with Gasteiger partial charge in [0.05, 0.1) is 6.54 Å². The summed E-state index contributed by atoms with van der Waals surface area (Å²) in [6.45, 7) is 2.59. The number of rotatable bonds is 6. The van der Waals surface area contributed by atoms with E-state index in [1.54, 1.807) is 6.92 Å². The molecule has 1 aromatic heterocycles. The standard InChI is InChI=1S/C18H22N2O2S/c1-18(22,16-8-5-9-23-16)12-20-17(21)19-11-14-10-15(14)13-6-3-2-4-7-13/h2-9,14-15,22H,10-12H2,1H3,(H2,19,20,21). The number of aliphatic hydroxyl groups is 1. The van der Waals surface area contributed by atoms with Gasteiger partial charge in [0.15, 0.2) is 0 Å². The number of carbonyl (C=O) groups excluding carboxylic acids is 1. The number of urea groups is 1. The van der Waals surface area contributed by atoms with E-state index in [0.717, 1.165) is 11.3 Å². The number of amides is 2. The summed E-state index contributed by atoms with van der Waals surface area (Å²) in [6, 6.07) is 14.0. The maximum Gasteiger partial charge on any atom is 0.314 e. The van der Waals surface area contributed by atoms with Crippen molar-refractivity contribution in [3.8, 4) is 0 Å². The SMILES string of the molecule is CC(O)(CNC(=O)NCC1CC1c1ccccc1)c1cccs1. The molecule has 0 aliphatic heterocycles. The zero-order chi connectivity index (χ0) is 16.3. The molecule has 0 radical (unpaired) electrons. The summed E-state index contributed by atoms with van der Waals surface area (Å²) in [5.74, 6) is 1.08. The Kier molecular flexibility index (Phi) is 4.68. The average molecular weight is 330 g/mol. The molecule has 1 aliphatic carbocycles. The molecule has 5 heteroatoms. The maximum absolute atomic E-state index is 11.9. The van der Waals surface area contributed by atoms with Crippen LogP contribution >= 0.6 is 11.3 Å². The van der Waals surface area contributed by atoms with E-state index in [-0.39, 0.29) is 12.6 Å². The van der Waals surface area contributed by atoms with E-state index in [9.17, 15) is 9.90 Å². The largest absolute Gasteiger partial charge is 0.383 e. The third-order valence-corrected chi connectivity index (χ3v) is 5.44. The highest BCUT2D eigenvalue weighted by atomic mass is 32.1. The highest BCUT2D eigenvalue weighted by Crippen LogP contribution is 2.46. The molecule has 0 saturated heterocycles. The van der Waals surface area contributed by atoms with Gasteiger partial charge in [-0.3, -0.25) is 0 Å². The Morgan fingerprint density at radius 1 is 1.26 bits per heavy atom. The minimum atomic E-state index is -1.03. The minimum absolute atomic E-state index is 0.201. The van der Waals surface area contributed by atoms with Crippen molar-refractivity contribution >= 4 is 17.4 Å². The zero-order valence-corrected chi connectivity index (χ0v) is 14.0. The van der Waals surface area contributed by atoms with Crippen LogP contribution in [-0.4, -0.2) is 24.2 Å². The third-order valence-electron chi connectivity index (χ3n) is 4.32. The fourth-order valence-corrected chi connectivity index (χ4v) is 3.58. The van der Waals surface area contributed by atoms with Gasteiger partial charge in [0.2, 0.25) is 0 Å². The van der Waals surface area contributed by atoms with Crippen LogP contribution in [-0.2, 0) is 5.60 Å². The Bertz CT molecular complexity index is 640. The van der Waals surface area contributed by atoms with Gasteiger partial charge in [-0.2, -0.15) is 0 Å². The lowest BCUT2D eigenvalue weighted by molar-refractivity contribution is 0.0631. The van der Waals surface area contributed by atoms with E-state index < -0.39 is 5.60 Å². The summed E-state index contributed by atoms with van der Waals surface area (Å²) in [4.78, 5) is 12.8. The van der Waals surface area contributed by atoms with Crippen LogP contribution in [0.1, 0.15) is 29.7 Å². The van der Waals surface area contributed by atoms with Crippen molar-refractivity contribution in [3.05, 3.63) is 58.3 Å². The molecule has 1 heterocycles. The van der Waals surface area contributed by atoms with Gasteiger partial charge in [0.1, 0.15) is 5.60 Å². The summed E-state index contributed by atoms with van der Waals surface area (Å²) in [7, 11) is 0. The van der Waals surface area contributed by atoms with Crippen LogP contribution in [0.2, 0.25) is 0 Å². The highest BCUT2D eigenvalue weighted by Gasteiger charge is 2.38. The predicted molar refractivity (Wildman–Crippen MR) is 92.6 cm³/mol. The Balaban J connectivity index is 1.39. The van der Waals surface area contributed by atoms with Crippen LogP contribution in [0.3, 0.4) is 0 Å². The number of hydrogen-bond acceptors (Lipinski definition) is 3. The summed E-state index contributed by atoms with van der Waals surface area (Å²) in [5, 5.41) is 17.9. The molecule has 3 rings (SSSR count).